The first-order chi connectivity index (χ1) is 15.4. The van der Waals surface area contributed by atoms with Crippen molar-refractivity contribution in [3.8, 4) is 33.9 Å². The van der Waals surface area contributed by atoms with E-state index in [2.05, 4.69) is 42.0 Å². The lowest BCUT2D eigenvalue weighted by molar-refractivity contribution is 1.11. The summed E-state index contributed by atoms with van der Waals surface area (Å²) < 4.78 is 2.42. The lowest BCUT2D eigenvalue weighted by Crippen LogP contribution is -1.97. The Hall–Kier alpha value is -2.99. The molecule has 0 aliphatic heterocycles. The van der Waals surface area contributed by atoms with Crippen LogP contribution in [0, 0.1) is 18.6 Å². The van der Waals surface area contributed by atoms with Gasteiger partial charge in [-0.15, -0.1) is 0 Å². The van der Waals surface area contributed by atoms with Gasteiger partial charge >= 0.3 is 0 Å². The number of imidazole rings is 1. The highest BCUT2D eigenvalue weighted by atomic mass is 35.5. The van der Waals surface area contributed by atoms with Crippen LogP contribution in [-0.4, -0.2) is 19.4 Å². The molecule has 0 fully saturated rings. The van der Waals surface area contributed by atoms with Gasteiger partial charge in [0.05, 0.1) is 22.1 Å². The van der Waals surface area contributed by atoms with Crippen LogP contribution in [0.2, 0.25) is 10.0 Å². The topological polar surface area (TPSA) is 46.0 Å². The molecule has 0 bridgehead atoms. The molecular weight excluding hydrogens is 459 g/mol. The van der Waals surface area contributed by atoms with E-state index in [-0.39, 0.29) is 0 Å². The summed E-state index contributed by atoms with van der Waals surface area (Å²) in [5.74, 6) is 0. The van der Waals surface area contributed by atoms with Crippen molar-refractivity contribution < 1.29 is 0 Å². The molecule has 0 aliphatic carbocycles. The standard InChI is InChI=1S/C25H18Cl2N4S/c1-14-6-7-15(2)18(11-14)20-13-21(29-25(32)28-20)24-23(17-9-8-16(26)12-19(17)27)30-22-5-3-4-10-31(22)24/h3-13H,1-2H3,(H,28,29,32). The van der Waals surface area contributed by atoms with Crippen molar-refractivity contribution in [1.29, 1.82) is 0 Å². The highest BCUT2D eigenvalue weighted by Gasteiger charge is 2.20. The number of pyridine rings is 1. The molecule has 32 heavy (non-hydrogen) atoms. The van der Waals surface area contributed by atoms with Gasteiger partial charge in [-0.2, -0.15) is 0 Å². The fourth-order valence-corrected chi connectivity index (χ4v) is 4.56. The van der Waals surface area contributed by atoms with Crippen molar-refractivity contribution in [1.82, 2.24) is 19.4 Å². The Morgan fingerprint density at radius 2 is 1.75 bits per heavy atom. The molecule has 0 aliphatic rings. The van der Waals surface area contributed by atoms with Gasteiger partial charge in [-0.1, -0.05) is 47.0 Å². The molecule has 5 rings (SSSR count). The number of hydrogen-bond acceptors (Lipinski definition) is 3. The van der Waals surface area contributed by atoms with Gasteiger partial charge in [0.25, 0.3) is 0 Å². The van der Waals surface area contributed by atoms with Crippen LogP contribution < -0.4 is 0 Å². The molecule has 2 aromatic carbocycles. The summed E-state index contributed by atoms with van der Waals surface area (Å²) in [7, 11) is 0. The lowest BCUT2D eigenvalue weighted by atomic mass is 10.0. The molecule has 4 nitrogen and oxygen atoms in total. The maximum absolute atomic E-state index is 6.57. The van der Waals surface area contributed by atoms with Crippen LogP contribution in [0.15, 0.2) is 66.9 Å². The first-order valence-corrected chi connectivity index (χ1v) is 11.2. The molecule has 0 unspecified atom stereocenters. The lowest BCUT2D eigenvalue weighted by Gasteiger charge is -2.11. The third kappa shape index (κ3) is 3.73. The summed E-state index contributed by atoms with van der Waals surface area (Å²) in [6.45, 7) is 4.14. The Bertz CT molecular complexity index is 1550. The number of aromatic nitrogens is 4. The van der Waals surface area contributed by atoms with Crippen LogP contribution in [0.5, 0.6) is 0 Å². The molecule has 0 atom stereocenters. The third-order valence-electron chi connectivity index (χ3n) is 5.38. The van der Waals surface area contributed by atoms with Crippen molar-refractivity contribution in [2.45, 2.75) is 13.8 Å². The zero-order chi connectivity index (χ0) is 22.4. The molecule has 0 radical (unpaired) electrons. The summed E-state index contributed by atoms with van der Waals surface area (Å²) in [5, 5.41) is 1.11. The van der Waals surface area contributed by atoms with Crippen molar-refractivity contribution >= 4 is 41.1 Å². The molecule has 0 amide bonds. The normalized spacial score (nSPS) is 11.2. The largest absolute Gasteiger partial charge is 0.329 e. The SMILES string of the molecule is Cc1ccc(C)c(-c2cc(-c3c(-c4ccc(Cl)cc4Cl)nc4ccccn34)[nH]c(=S)n2)c1. The zero-order valence-electron chi connectivity index (χ0n) is 17.4. The van der Waals surface area contributed by atoms with E-state index < -0.39 is 0 Å². The predicted molar refractivity (Wildman–Crippen MR) is 134 cm³/mol. The second kappa shape index (κ2) is 8.17. The van der Waals surface area contributed by atoms with Crippen molar-refractivity contribution in [2.75, 3.05) is 0 Å². The molecule has 0 saturated carbocycles. The minimum Gasteiger partial charge on any atom is -0.329 e. The Labute approximate surface area is 200 Å². The number of benzene rings is 2. The van der Waals surface area contributed by atoms with E-state index in [0.717, 1.165) is 50.7 Å². The van der Waals surface area contributed by atoms with Crippen molar-refractivity contribution in [3.05, 3.63) is 92.8 Å². The smallest absolute Gasteiger partial charge is 0.197 e. The highest BCUT2D eigenvalue weighted by Crippen LogP contribution is 2.37. The number of hydrogen-bond donors (Lipinski definition) is 1. The van der Waals surface area contributed by atoms with Gasteiger partial charge in [0, 0.05) is 22.3 Å². The van der Waals surface area contributed by atoms with Crippen LogP contribution in [-0.2, 0) is 0 Å². The number of halogens is 2. The second-order valence-electron chi connectivity index (χ2n) is 7.67. The van der Waals surface area contributed by atoms with E-state index >= 15 is 0 Å². The molecule has 0 spiro atoms. The quantitative estimate of drug-likeness (QED) is 0.271. The molecular formula is C25H18Cl2N4S. The van der Waals surface area contributed by atoms with E-state index in [4.69, 9.17) is 40.4 Å². The molecule has 158 valence electrons. The van der Waals surface area contributed by atoms with Crippen LogP contribution >= 0.6 is 35.4 Å². The van der Waals surface area contributed by atoms with E-state index in [0.29, 0.717) is 14.8 Å². The fourth-order valence-electron chi connectivity index (χ4n) is 3.86. The zero-order valence-corrected chi connectivity index (χ0v) is 19.7. The van der Waals surface area contributed by atoms with Gasteiger partial charge in [0.1, 0.15) is 11.3 Å². The minimum absolute atomic E-state index is 0.400. The summed E-state index contributed by atoms with van der Waals surface area (Å²) in [6.07, 6.45) is 1.97. The number of nitrogens with zero attached hydrogens (tertiary/aromatic N) is 3. The summed E-state index contributed by atoms with van der Waals surface area (Å²) >= 11 is 18.2. The Morgan fingerprint density at radius 1 is 0.906 bits per heavy atom. The molecule has 7 heteroatoms. The average molecular weight is 477 g/mol. The molecule has 0 saturated heterocycles. The van der Waals surface area contributed by atoms with Crippen LogP contribution in [0.1, 0.15) is 11.1 Å². The summed E-state index contributed by atoms with van der Waals surface area (Å²) in [6, 6.07) is 19.6. The van der Waals surface area contributed by atoms with Gasteiger partial charge in [-0.3, -0.25) is 4.40 Å². The maximum atomic E-state index is 6.57. The maximum Gasteiger partial charge on any atom is 0.197 e. The Kier molecular flexibility index (Phi) is 5.33. The Balaban J connectivity index is 1.81. The third-order valence-corrected chi connectivity index (χ3v) is 6.13. The van der Waals surface area contributed by atoms with Crippen molar-refractivity contribution in [3.63, 3.8) is 0 Å². The summed E-state index contributed by atoms with van der Waals surface area (Å²) in [4.78, 5) is 12.7. The van der Waals surface area contributed by atoms with Crippen LogP contribution in [0.25, 0.3) is 39.5 Å². The second-order valence-corrected chi connectivity index (χ2v) is 8.90. The number of H-pyrrole nitrogens is 1. The van der Waals surface area contributed by atoms with Crippen molar-refractivity contribution in [2.24, 2.45) is 0 Å². The van der Waals surface area contributed by atoms with Gasteiger partial charge in [0.15, 0.2) is 4.77 Å². The van der Waals surface area contributed by atoms with Gasteiger partial charge in [-0.05, 0) is 74.1 Å². The van der Waals surface area contributed by atoms with E-state index in [1.54, 1.807) is 6.07 Å². The van der Waals surface area contributed by atoms with Gasteiger partial charge < -0.3 is 4.98 Å². The molecule has 3 heterocycles. The minimum atomic E-state index is 0.400. The molecule has 1 N–H and O–H groups in total. The van der Waals surface area contributed by atoms with E-state index in [1.807, 2.05) is 47.0 Å². The monoisotopic (exact) mass is 476 g/mol. The number of nitrogens with one attached hydrogen (secondary N) is 1. The number of fused-ring (bicyclic) bond motifs is 1. The molecule has 5 aromatic rings. The van der Waals surface area contributed by atoms with Gasteiger partial charge in [-0.25, -0.2) is 9.97 Å². The summed E-state index contributed by atoms with van der Waals surface area (Å²) in [5.41, 5.74) is 8.14. The number of aromatic amines is 1. The number of rotatable bonds is 3. The van der Waals surface area contributed by atoms with Crippen LogP contribution in [0.4, 0.5) is 0 Å². The van der Waals surface area contributed by atoms with E-state index in [9.17, 15) is 0 Å². The van der Waals surface area contributed by atoms with E-state index in [1.165, 1.54) is 0 Å². The highest BCUT2D eigenvalue weighted by molar-refractivity contribution is 7.71. The number of aryl methyl sites for hydroxylation is 2. The van der Waals surface area contributed by atoms with Crippen LogP contribution in [0.3, 0.4) is 0 Å². The first-order valence-electron chi connectivity index (χ1n) is 10.0. The Morgan fingerprint density at radius 3 is 2.56 bits per heavy atom. The predicted octanol–water partition coefficient (Wildman–Crippen LogP) is 7.71. The molecule has 3 aromatic heterocycles. The first kappa shape index (κ1) is 20.9. The van der Waals surface area contributed by atoms with Gasteiger partial charge in [0.2, 0.25) is 0 Å². The average Bonchev–Trinajstić information content (AvgIpc) is 3.14. The fraction of sp³-hybridized carbons (Fsp3) is 0.0800.